The number of primary amides is 1. The van der Waals surface area contributed by atoms with Gasteiger partial charge in [0.15, 0.2) is 0 Å². The summed E-state index contributed by atoms with van der Waals surface area (Å²) in [4.78, 5) is 8.78. The van der Waals surface area contributed by atoms with Crippen molar-refractivity contribution >= 4 is 6.09 Å². The fourth-order valence-corrected chi connectivity index (χ4v) is 0.614. The molecule has 0 saturated heterocycles. The van der Waals surface area contributed by atoms with Crippen molar-refractivity contribution in [2.24, 2.45) is 11.5 Å². The van der Waals surface area contributed by atoms with Crippen LogP contribution < -0.4 is 11.5 Å². The van der Waals surface area contributed by atoms with E-state index >= 15 is 0 Å². The van der Waals surface area contributed by atoms with E-state index in [2.05, 4.69) is 5.73 Å². The van der Waals surface area contributed by atoms with Crippen LogP contribution in [0.2, 0.25) is 0 Å². The molecule has 66 valence electrons. The fourth-order valence-electron chi connectivity index (χ4n) is 0.614. The first-order valence-electron chi connectivity index (χ1n) is 3.39. The monoisotopic (exact) mass is 168 g/mol. The number of carbonyl (C=O) groups is 1. The van der Waals surface area contributed by atoms with E-state index in [1.165, 1.54) is 5.56 Å². The molecule has 0 spiro atoms. The van der Waals surface area contributed by atoms with Crippen LogP contribution in [-0.2, 0) is 6.54 Å². The zero-order valence-electron chi connectivity index (χ0n) is 6.60. The molecule has 0 aromatic heterocycles. The van der Waals surface area contributed by atoms with E-state index in [1.807, 2.05) is 30.3 Å². The molecule has 0 saturated carbocycles. The summed E-state index contributed by atoms with van der Waals surface area (Å²) >= 11 is 0. The van der Waals surface area contributed by atoms with E-state index in [4.69, 9.17) is 15.6 Å². The number of nitrogens with two attached hydrogens (primary N) is 2. The lowest BCUT2D eigenvalue weighted by molar-refractivity contribution is 0.205. The number of rotatable bonds is 1. The summed E-state index contributed by atoms with van der Waals surface area (Å²) < 4.78 is 0. The Bertz CT molecular complexity index is 220. The summed E-state index contributed by atoms with van der Waals surface area (Å²) in [5.41, 5.74) is 10.6. The zero-order chi connectivity index (χ0) is 9.40. The molecule has 0 unspecified atom stereocenters. The van der Waals surface area contributed by atoms with Gasteiger partial charge in [0.2, 0.25) is 0 Å². The van der Waals surface area contributed by atoms with E-state index in [1.54, 1.807) is 0 Å². The fraction of sp³-hybridized carbons (Fsp3) is 0.125. The summed E-state index contributed by atoms with van der Waals surface area (Å²) in [6.45, 7) is 0.640. The van der Waals surface area contributed by atoms with Gasteiger partial charge < -0.3 is 16.6 Å². The molecule has 4 nitrogen and oxygen atoms in total. The second kappa shape index (κ2) is 6.18. The van der Waals surface area contributed by atoms with E-state index in [-0.39, 0.29) is 0 Å². The molecular weight excluding hydrogens is 156 g/mol. The second-order valence-corrected chi connectivity index (χ2v) is 2.03. The van der Waals surface area contributed by atoms with Gasteiger partial charge in [-0.1, -0.05) is 30.3 Å². The topological polar surface area (TPSA) is 89.3 Å². The van der Waals surface area contributed by atoms with Gasteiger partial charge in [-0.2, -0.15) is 0 Å². The Morgan fingerprint density at radius 2 is 1.75 bits per heavy atom. The third kappa shape index (κ3) is 6.57. The number of benzene rings is 1. The molecule has 12 heavy (non-hydrogen) atoms. The average molecular weight is 168 g/mol. The molecule has 0 bridgehead atoms. The molecule has 0 radical (unpaired) electrons. The van der Waals surface area contributed by atoms with E-state index in [9.17, 15) is 0 Å². The maximum atomic E-state index is 8.78. The highest BCUT2D eigenvalue weighted by atomic mass is 16.4. The summed E-state index contributed by atoms with van der Waals surface area (Å²) in [7, 11) is 0. The minimum atomic E-state index is -1.33. The maximum absolute atomic E-state index is 8.78. The van der Waals surface area contributed by atoms with Gasteiger partial charge in [0.25, 0.3) is 0 Å². The standard InChI is InChI=1S/C7H9N.CH3NO2/c8-6-7-4-2-1-3-5-7;2-1(3)4/h1-5H,6,8H2;2H2,(H,3,4). The van der Waals surface area contributed by atoms with Crippen LogP contribution in [0.15, 0.2) is 30.3 Å². The third-order valence-electron chi connectivity index (χ3n) is 1.08. The number of carboxylic acid groups (broad SMARTS) is 1. The molecule has 0 aliphatic heterocycles. The van der Waals surface area contributed by atoms with Crippen LogP contribution in [-0.4, -0.2) is 11.2 Å². The van der Waals surface area contributed by atoms with Crippen molar-refractivity contribution in [3.05, 3.63) is 35.9 Å². The molecule has 0 atom stereocenters. The smallest absolute Gasteiger partial charge is 0.402 e. The Labute approximate surface area is 70.8 Å². The second-order valence-electron chi connectivity index (χ2n) is 2.03. The highest BCUT2D eigenvalue weighted by Crippen LogP contribution is 1.94. The van der Waals surface area contributed by atoms with Crippen molar-refractivity contribution in [2.45, 2.75) is 6.54 Å². The first-order chi connectivity index (χ1) is 5.66. The molecule has 0 aliphatic carbocycles. The van der Waals surface area contributed by atoms with Crippen LogP contribution in [0, 0.1) is 0 Å². The SMILES string of the molecule is NC(=O)O.NCc1ccccc1. The van der Waals surface area contributed by atoms with Crippen LogP contribution >= 0.6 is 0 Å². The quantitative estimate of drug-likeness (QED) is 0.578. The predicted molar refractivity (Wildman–Crippen MR) is 46.5 cm³/mol. The Kier molecular flexibility index (Phi) is 5.38. The number of hydrogen-bond acceptors (Lipinski definition) is 2. The Morgan fingerprint density at radius 3 is 2.00 bits per heavy atom. The zero-order valence-corrected chi connectivity index (χ0v) is 6.60. The summed E-state index contributed by atoms with van der Waals surface area (Å²) in [5, 5.41) is 7.19. The van der Waals surface area contributed by atoms with Crippen molar-refractivity contribution in [3.63, 3.8) is 0 Å². The van der Waals surface area contributed by atoms with Crippen LogP contribution in [0.1, 0.15) is 5.56 Å². The normalized spacial score (nSPS) is 8.08. The van der Waals surface area contributed by atoms with Gasteiger partial charge in [0.05, 0.1) is 0 Å². The third-order valence-corrected chi connectivity index (χ3v) is 1.08. The molecule has 4 heteroatoms. The van der Waals surface area contributed by atoms with Crippen molar-refractivity contribution in [1.82, 2.24) is 0 Å². The largest absolute Gasteiger partial charge is 0.465 e. The van der Waals surface area contributed by atoms with Crippen LogP contribution in [0.5, 0.6) is 0 Å². The van der Waals surface area contributed by atoms with Crippen molar-refractivity contribution in [3.8, 4) is 0 Å². The van der Waals surface area contributed by atoms with Crippen LogP contribution in [0.3, 0.4) is 0 Å². The minimum absolute atomic E-state index is 0.640. The number of hydrogen-bond donors (Lipinski definition) is 3. The van der Waals surface area contributed by atoms with Gasteiger partial charge in [-0.05, 0) is 5.56 Å². The molecule has 1 aromatic carbocycles. The number of amides is 1. The van der Waals surface area contributed by atoms with Crippen molar-refractivity contribution < 1.29 is 9.90 Å². The highest BCUT2D eigenvalue weighted by molar-refractivity contribution is 5.61. The molecule has 1 rings (SSSR count). The Hall–Kier alpha value is -1.55. The van der Waals surface area contributed by atoms with Gasteiger partial charge >= 0.3 is 6.09 Å². The van der Waals surface area contributed by atoms with Gasteiger partial charge in [0, 0.05) is 6.54 Å². The molecule has 1 aromatic rings. The summed E-state index contributed by atoms with van der Waals surface area (Å²) in [5.74, 6) is 0. The Balaban J connectivity index is 0.000000261. The van der Waals surface area contributed by atoms with Gasteiger partial charge in [-0.25, -0.2) is 4.79 Å². The van der Waals surface area contributed by atoms with Gasteiger partial charge in [-0.15, -0.1) is 0 Å². The lowest BCUT2D eigenvalue weighted by Gasteiger charge is -1.90. The van der Waals surface area contributed by atoms with Gasteiger partial charge in [0.1, 0.15) is 0 Å². The van der Waals surface area contributed by atoms with Crippen molar-refractivity contribution in [2.75, 3.05) is 0 Å². The van der Waals surface area contributed by atoms with Crippen LogP contribution in [0.25, 0.3) is 0 Å². The lowest BCUT2D eigenvalue weighted by atomic mass is 10.2. The minimum Gasteiger partial charge on any atom is -0.465 e. The van der Waals surface area contributed by atoms with E-state index in [0.29, 0.717) is 6.54 Å². The predicted octanol–water partition coefficient (Wildman–Crippen LogP) is 0.768. The maximum Gasteiger partial charge on any atom is 0.402 e. The molecule has 1 amide bonds. The van der Waals surface area contributed by atoms with E-state index in [0.717, 1.165) is 0 Å². The Morgan fingerprint density at radius 1 is 1.33 bits per heavy atom. The average Bonchev–Trinajstić information content (AvgIpc) is 2.05. The van der Waals surface area contributed by atoms with Gasteiger partial charge in [-0.3, -0.25) is 0 Å². The first-order valence-corrected chi connectivity index (χ1v) is 3.39. The van der Waals surface area contributed by atoms with Crippen molar-refractivity contribution in [1.29, 1.82) is 0 Å². The summed E-state index contributed by atoms with van der Waals surface area (Å²) in [6.07, 6.45) is -1.33. The first kappa shape index (κ1) is 10.4. The summed E-state index contributed by atoms with van der Waals surface area (Å²) in [6, 6.07) is 9.99. The lowest BCUT2D eigenvalue weighted by Crippen LogP contribution is -2.03. The molecule has 5 N–H and O–H groups in total. The molecule has 0 heterocycles. The van der Waals surface area contributed by atoms with E-state index < -0.39 is 6.09 Å². The van der Waals surface area contributed by atoms with Crippen LogP contribution in [0.4, 0.5) is 4.79 Å². The highest BCUT2D eigenvalue weighted by Gasteiger charge is 1.80. The molecule has 0 aliphatic rings. The molecule has 0 fully saturated rings. The molecular formula is C8H12N2O2.